The lowest BCUT2D eigenvalue weighted by atomic mass is 10.2. The quantitative estimate of drug-likeness (QED) is 0.872. The number of urea groups is 1. The Labute approximate surface area is 147 Å². The molecule has 2 amide bonds. The monoisotopic (exact) mass is 343 g/mol. The molecule has 134 valence electrons. The zero-order valence-corrected chi connectivity index (χ0v) is 15.0. The van der Waals surface area contributed by atoms with Crippen LogP contribution in [0.3, 0.4) is 0 Å². The Morgan fingerprint density at radius 1 is 1.20 bits per heavy atom. The standard InChI is InChI=1S/C17H25N7O/c1-13-10-16(23(3)21-13)20-17(25)19-12-14-4-5-15(18-11-14)24-8-6-22(2)7-9-24/h4-5,10-11H,6-9,12H2,1-3H3,(H2,19,20,25). The van der Waals surface area contributed by atoms with E-state index in [1.54, 1.807) is 11.7 Å². The van der Waals surface area contributed by atoms with E-state index in [1.807, 2.05) is 31.3 Å². The first-order valence-electron chi connectivity index (χ1n) is 8.45. The van der Waals surface area contributed by atoms with Gasteiger partial charge in [-0.25, -0.2) is 9.78 Å². The molecular formula is C17H25N7O. The molecule has 0 aromatic carbocycles. The Kier molecular flexibility index (Phi) is 5.18. The van der Waals surface area contributed by atoms with Crippen LogP contribution in [-0.4, -0.2) is 58.9 Å². The molecule has 1 aliphatic heterocycles. The summed E-state index contributed by atoms with van der Waals surface area (Å²) in [5, 5.41) is 9.82. The van der Waals surface area contributed by atoms with E-state index in [9.17, 15) is 4.79 Å². The minimum Gasteiger partial charge on any atom is -0.354 e. The van der Waals surface area contributed by atoms with Crippen LogP contribution in [0.1, 0.15) is 11.3 Å². The molecule has 0 bridgehead atoms. The molecule has 8 heteroatoms. The molecule has 25 heavy (non-hydrogen) atoms. The van der Waals surface area contributed by atoms with Crippen molar-refractivity contribution in [1.29, 1.82) is 0 Å². The molecule has 2 aromatic heterocycles. The van der Waals surface area contributed by atoms with Crippen LogP contribution in [0.25, 0.3) is 0 Å². The summed E-state index contributed by atoms with van der Waals surface area (Å²) in [6.07, 6.45) is 1.82. The fourth-order valence-corrected chi connectivity index (χ4v) is 2.81. The van der Waals surface area contributed by atoms with Crippen LogP contribution in [0.4, 0.5) is 16.4 Å². The maximum Gasteiger partial charge on any atom is 0.320 e. The first kappa shape index (κ1) is 17.2. The number of pyridine rings is 1. The second kappa shape index (κ2) is 7.52. The number of nitrogens with zero attached hydrogens (tertiary/aromatic N) is 5. The SMILES string of the molecule is Cc1cc(NC(=O)NCc2ccc(N3CCN(C)CC3)nc2)n(C)n1. The van der Waals surface area contributed by atoms with Crippen LogP contribution in [0, 0.1) is 6.92 Å². The van der Waals surface area contributed by atoms with Gasteiger partial charge in [-0.15, -0.1) is 0 Å². The summed E-state index contributed by atoms with van der Waals surface area (Å²) in [5.74, 6) is 1.66. The Bertz CT molecular complexity index is 717. The lowest BCUT2D eigenvalue weighted by molar-refractivity contribution is 0.251. The third-order valence-electron chi connectivity index (χ3n) is 4.33. The molecule has 0 atom stereocenters. The molecule has 8 nitrogen and oxygen atoms in total. The largest absolute Gasteiger partial charge is 0.354 e. The second-order valence-corrected chi connectivity index (χ2v) is 6.42. The summed E-state index contributed by atoms with van der Waals surface area (Å²) < 4.78 is 1.64. The number of piperazine rings is 1. The maximum atomic E-state index is 12.0. The van der Waals surface area contributed by atoms with Gasteiger partial charge in [-0.05, 0) is 25.6 Å². The first-order chi connectivity index (χ1) is 12.0. The Morgan fingerprint density at radius 2 is 1.96 bits per heavy atom. The fourth-order valence-electron chi connectivity index (χ4n) is 2.81. The third-order valence-corrected chi connectivity index (χ3v) is 4.33. The van der Waals surface area contributed by atoms with Gasteiger partial charge < -0.3 is 15.1 Å². The van der Waals surface area contributed by atoms with Gasteiger partial charge in [0.05, 0.1) is 5.69 Å². The minimum absolute atomic E-state index is 0.258. The molecule has 3 rings (SSSR count). The minimum atomic E-state index is -0.258. The highest BCUT2D eigenvalue weighted by Crippen LogP contribution is 2.13. The molecule has 0 radical (unpaired) electrons. The molecule has 0 spiro atoms. The van der Waals surface area contributed by atoms with Gasteiger partial charge in [0.1, 0.15) is 11.6 Å². The van der Waals surface area contributed by atoms with Crippen molar-refractivity contribution in [2.75, 3.05) is 43.4 Å². The Hall–Kier alpha value is -2.61. The number of aryl methyl sites for hydroxylation is 2. The number of aromatic nitrogens is 3. The molecule has 1 fully saturated rings. The van der Waals surface area contributed by atoms with Gasteiger partial charge in [-0.3, -0.25) is 10.00 Å². The number of nitrogens with one attached hydrogen (secondary N) is 2. The van der Waals surface area contributed by atoms with E-state index in [1.165, 1.54) is 0 Å². The molecule has 2 aromatic rings. The lowest BCUT2D eigenvalue weighted by Crippen LogP contribution is -2.44. The van der Waals surface area contributed by atoms with Crippen molar-refractivity contribution >= 4 is 17.7 Å². The molecular weight excluding hydrogens is 318 g/mol. The summed E-state index contributed by atoms with van der Waals surface area (Å²) in [6, 6.07) is 5.59. The van der Waals surface area contributed by atoms with Crippen LogP contribution < -0.4 is 15.5 Å². The summed E-state index contributed by atoms with van der Waals surface area (Å²) in [4.78, 5) is 21.1. The van der Waals surface area contributed by atoms with Crippen LogP contribution in [0.15, 0.2) is 24.4 Å². The van der Waals surface area contributed by atoms with Gasteiger partial charge in [-0.2, -0.15) is 5.10 Å². The summed E-state index contributed by atoms with van der Waals surface area (Å²) in [7, 11) is 3.93. The van der Waals surface area contributed by atoms with Crippen molar-refractivity contribution in [3.63, 3.8) is 0 Å². The molecule has 2 N–H and O–H groups in total. The zero-order valence-electron chi connectivity index (χ0n) is 15.0. The van der Waals surface area contributed by atoms with E-state index in [0.717, 1.165) is 43.3 Å². The highest BCUT2D eigenvalue weighted by Gasteiger charge is 2.15. The molecule has 1 saturated heterocycles. The van der Waals surface area contributed by atoms with E-state index in [2.05, 4.69) is 37.6 Å². The second-order valence-electron chi connectivity index (χ2n) is 6.42. The number of hydrogen-bond donors (Lipinski definition) is 2. The Balaban J connectivity index is 1.50. The summed E-state index contributed by atoms with van der Waals surface area (Å²) in [5.41, 5.74) is 1.83. The number of amides is 2. The lowest BCUT2D eigenvalue weighted by Gasteiger charge is -2.33. The number of carbonyl (C=O) groups excluding carboxylic acids is 1. The fraction of sp³-hybridized carbons (Fsp3) is 0.471. The van der Waals surface area contributed by atoms with Gasteiger partial charge in [0, 0.05) is 52.0 Å². The van der Waals surface area contributed by atoms with Crippen molar-refractivity contribution in [3.05, 3.63) is 35.7 Å². The van der Waals surface area contributed by atoms with Gasteiger partial charge >= 0.3 is 6.03 Å². The van der Waals surface area contributed by atoms with Gasteiger partial charge in [0.25, 0.3) is 0 Å². The van der Waals surface area contributed by atoms with Crippen molar-refractivity contribution in [1.82, 2.24) is 25.0 Å². The third kappa shape index (κ3) is 4.48. The highest BCUT2D eigenvalue weighted by molar-refractivity contribution is 5.88. The van der Waals surface area contributed by atoms with Crippen molar-refractivity contribution < 1.29 is 4.79 Å². The van der Waals surface area contributed by atoms with Crippen LogP contribution >= 0.6 is 0 Å². The predicted octanol–water partition coefficient (Wildman–Crippen LogP) is 1.20. The molecule has 0 saturated carbocycles. The number of carbonyl (C=O) groups is 1. The van der Waals surface area contributed by atoms with E-state index in [-0.39, 0.29) is 6.03 Å². The van der Waals surface area contributed by atoms with Crippen molar-refractivity contribution in [2.45, 2.75) is 13.5 Å². The normalized spacial score (nSPS) is 15.2. The average Bonchev–Trinajstić information content (AvgIpc) is 2.91. The Morgan fingerprint density at radius 3 is 2.56 bits per heavy atom. The topological polar surface area (TPSA) is 78.3 Å². The van der Waals surface area contributed by atoms with E-state index >= 15 is 0 Å². The molecule has 0 unspecified atom stereocenters. The van der Waals surface area contributed by atoms with E-state index < -0.39 is 0 Å². The van der Waals surface area contributed by atoms with E-state index in [0.29, 0.717) is 12.4 Å². The maximum absolute atomic E-state index is 12.0. The number of anilines is 2. The van der Waals surface area contributed by atoms with Gasteiger partial charge in [-0.1, -0.05) is 6.07 Å². The van der Waals surface area contributed by atoms with Crippen molar-refractivity contribution in [2.24, 2.45) is 7.05 Å². The molecule has 0 aliphatic carbocycles. The zero-order chi connectivity index (χ0) is 17.8. The smallest absolute Gasteiger partial charge is 0.320 e. The number of likely N-dealkylation sites (N-methyl/N-ethyl adjacent to an activating group) is 1. The highest BCUT2D eigenvalue weighted by atomic mass is 16.2. The van der Waals surface area contributed by atoms with Crippen LogP contribution in [0.2, 0.25) is 0 Å². The number of hydrogen-bond acceptors (Lipinski definition) is 5. The van der Waals surface area contributed by atoms with Crippen LogP contribution in [-0.2, 0) is 13.6 Å². The average molecular weight is 343 g/mol. The van der Waals surface area contributed by atoms with Crippen molar-refractivity contribution in [3.8, 4) is 0 Å². The number of rotatable bonds is 4. The summed E-state index contributed by atoms with van der Waals surface area (Å²) >= 11 is 0. The van der Waals surface area contributed by atoms with Crippen LogP contribution in [0.5, 0.6) is 0 Å². The van der Waals surface area contributed by atoms with E-state index in [4.69, 9.17) is 0 Å². The van der Waals surface area contributed by atoms with Gasteiger partial charge in [0.15, 0.2) is 0 Å². The van der Waals surface area contributed by atoms with Gasteiger partial charge in [0.2, 0.25) is 0 Å². The summed E-state index contributed by atoms with van der Waals surface area (Å²) in [6.45, 7) is 6.41. The molecule has 1 aliphatic rings. The predicted molar refractivity (Wildman–Crippen MR) is 97.8 cm³/mol. The first-order valence-corrected chi connectivity index (χ1v) is 8.45. The molecule has 3 heterocycles.